The summed E-state index contributed by atoms with van der Waals surface area (Å²) in [6.45, 7) is 1.41. The normalized spacial score (nSPS) is 15.2. The lowest BCUT2D eigenvalue weighted by Gasteiger charge is -2.26. The molecule has 8 heteroatoms. The predicted molar refractivity (Wildman–Crippen MR) is 61.7 cm³/mol. The second-order valence-electron chi connectivity index (χ2n) is 4.45. The van der Waals surface area contributed by atoms with Crippen LogP contribution in [0.1, 0.15) is 22.1 Å². The molecule has 0 radical (unpaired) electrons. The van der Waals surface area contributed by atoms with Gasteiger partial charge in [-0.05, 0) is 12.1 Å². The van der Waals surface area contributed by atoms with E-state index in [-0.39, 0.29) is 11.7 Å². The zero-order valence-corrected chi connectivity index (χ0v) is 10.1. The number of hydrogen-bond acceptors (Lipinski definition) is 4. The summed E-state index contributed by atoms with van der Waals surface area (Å²) in [6, 6.07) is 1.69. The molecule has 1 aliphatic heterocycles. The van der Waals surface area contributed by atoms with Gasteiger partial charge < -0.3 is 5.32 Å². The van der Waals surface area contributed by atoms with E-state index in [0.29, 0.717) is 19.2 Å². The van der Waals surface area contributed by atoms with E-state index in [0.717, 1.165) is 6.07 Å². The van der Waals surface area contributed by atoms with Crippen LogP contribution < -0.4 is 5.32 Å². The largest absolute Gasteiger partial charge is 0.312 e. The quantitative estimate of drug-likeness (QED) is 0.676. The van der Waals surface area contributed by atoms with E-state index < -0.39 is 28.8 Å². The zero-order chi connectivity index (χ0) is 14.3. The average molecular weight is 282 g/mol. The highest BCUT2D eigenvalue weighted by Gasteiger charge is 2.25. The minimum Gasteiger partial charge on any atom is -0.312 e. The van der Waals surface area contributed by atoms with Crippen molar-refractivity contribution in [2.75, 3.05) is 13.1 Å². The lowest BCUT2D eigenvalue weighted by Crippen LogP contribution is -2.43. The van der Waals surface area contributed by atoms with Gasteiger partial charge in [-0.2, -0.15) is 0 Å². The summed E-state index contributed by atoms with van der Waals surface area (Å²) < 4.78 is 41.0. The van der Waals surface area contributed by atoms with Gasteiger partial charge in [-0.3, -0.25) is 4.79 Å². The standard InChI is InChI=1S/C12H9F3N4O/c13-8-2-1-7(10(14)11(8)15)12(20)9-5-19(18-17-9)6-3-16-4-6/h1-2,5-6,16H,3-4H2. The van der Waals surface area contributed by atoms with Crippen LogP contribution in [-0.2, 0) is 0 Å². The highest BCUT2D eigenvalue weighted by atomic mass is 19.2. The molecule has 1 N–H and O–H groups in total. The summed E-state index contributed by atoms with van der Waals surface area (Å²) in [5, 5.41) is 10.4. The fourth-order valence-electron chi connectivity index (χ4n) is 1.86. The van der Waals surface area contributed by atoms with Crippen molar-refractivity contribution in [2.24, 2.45) is 0 Å². The van der Waals surface area contributed by atoms with Crippen LogP contribution in [-0.4, -0.2) is 33.9 Å². The van der Waals surface area contributed by atoms with Crippen molar-refractivity contribution in [3.8, 4) is 0 Å². The third-order valence-corrected chi connectivity index (χ3v) is 3.16. The number of benzene rings is 1. The molecule has 0 aliphatic carbocycles. The van der Waals surface area contributed by atoms with Gasteiger partial charge in [-0.15, -0.1) is 5.10 Å². The molecule has 104 valence electrons. The second kappa shape index (κ2) is 4.71. The van der Waals surface area contributed by atoms with Crippen LogP contribution in [0.15, 0.2) is 18.3 Å². The fourth-order valence-corrected chi connectivity index (χ4v) is 1.86. The van der Waals surface area contributed by atoms with E-state index in [9.17, 15) is 18.0 Å². The minimum atomic E-state index is -1.67. The maximum atomic E-state index is 13.5. The summed E-state index contributed by atoms with van der Waals surface area (Å²) in [5.74, 6) is -5.37. The van der Waals surface area contributed by atoms with Gasteiger partial charge in [0.25, 0.3) is 0 Å². The molecule has 0 bridgehead atoms. The third-order valence-electron chi connectivity index (χ3n) is 3.16. The molecular weight excluding hydrogens is 273 g/mol. The number of nitrogens with one attached hydrogen (secondary N) is 1. The number of halogens is 3. The molecule has 1 aliphatic rings. The number of ketones is 1. The zero-order valence-electron chi connectivity index (χ0n) is 10.1. The summed E-state index contributed by atoms with van der Waals surface area (Å²) in [4.78, 5) is 12.0. The lowest BCUT2D eigenvalue weighted by atomic mass is 10.1. The molecule has 20 heavy (non-hydrogen) atoms. The van der Waals surface area contributed by atoms with Crippen LogP contribution in [0.3, 0.4) is 0 Å². The van der Waals surface area contributed by atoms with Crippen molar-refractivity contribution in [3.63, 3.8) is 0 Å². The van der Waals surface area contributed by atoms with Crippen LogP contribution >= 0.6 is 0 Å². The van der Waals surface area contributed by atoms with Crippen molar-refractivity contribution in [1.29, 1.82) is 0 Å². The molecule has 3 rings (SSSR count). The number of nitrogens with zero attached hydrogens (tertiary/aromatic N) is 3. The summed E-state index contributed by atoms with van der Waals surface area (Å²) in [5.41, 5.74) is -0.676. The SMILES string of the molecule is O=C(c1cn(C2CNC2)nn1)c1ccc(F)c(F)c1F. The van der Waals surface area contributed by atoms with Gasteiger partial charge in [0.05, 0.1) is 17.8 Å². The Hall–Kier alpha value is -2.22. The first-order chi connectivity index (χ1) is 9.58. The minimum absolute atomic E-state index is 0.0962. The molecule has 1 saturated heterocycles. The van der Waals surface area contributed by atoms with E-state index in [1.54, 1.807) is 0 Å². The monoisotopic (exact) mass is 282 g/mol. The molecule has 5 nitrogen and oxygen atoms in total. The van der Waals surface area contributed by atoms with E-state index in [1.807, 2.05) is 0 Å². The van der Waals surface area contributed by atoms with E-state index in [1.165, 1.54) is 10.9 Å². The van der Waals surface area contributed by atoms with E-state index >= 15 is 0 Å². The van der Waals surface area contributed by atoms with Crippen molar-refractivity contribution in [2.45, 2.75) is 6.04 Å². The molecule has 0 atom stereocenters. The van der Waals surface area contributed by atoms with Crippen LogP contribution in [0.2, 0.25) is 0 Å². The van der Waals surface area contributed by atoms with Gasteiger partial charge in [0.15, 0.2) is 23.1 Å². The maximum absolute atomic E-state index is 13.5. The van der Waals surface area contributed by atoms with E-state index in [4.69, 9.17) is 0 Å². The molecule has 0 spiro atoms. The van der Waals surface area contributed by atoms with Gasteiger partial charge >= 0.3 is 0 Å². The Morgan fingerprint density at radius 1 is 1.25 bits per heavy atom. The van der Waals surface area contributed by atoms with Gasteiger partial charge in [0, 0.05) is 13.1 Å². The molecule has 0 unspecified atom stereocenters. The lowest BCUT2D eigenvalue weighted by molar-refractivity contribution is 0.102. The van der Waals surface area contributed by atoms with Gasteiger partial charge in [-0.1, -0.05) is 5.21 Å². The van der Waals surface area contributed by atoms with Crippen LogP contribution in [0, 0.1) is 17.5 Å². The Morgan fingerprint density at radius 3 is 2.65 bits per heavy atom. The molecule has 1 aromatic carbocycles. The first-order valence-electron chi connectivity index (χ1n) is 5.88. The number of carbonyl (C=O) groups excluding carboxylic acids is 1. The molecule has 2 aromatic rings. The molecule has 0 amide bonds. The highest BCUT2D eigenvalue weighted by Crippen LogP contribution is 2.18. The smallest absolute Gasteiger partial charge is 0.217 e. The second-order valence-corrected chi connectivity index (χ2v) is 4.45. The summed E-state index contributed by atoms with van der Waals surface area (Å²) >= 11 is 0. The maximum Gasteiger partial charge on any atom is 0.217 e. The fraction of sp³-hybridized carbons (Fsp3) is 0.250. The molecular formula is C12H9F3N4O. The van der Waals surface area contributed by atoms with Crippen molar-refractivity contribution < 1.29 is 18.0 Å². The number of hydrogen-bond donors (Lipinski definition) is 1. The molecule has 2 heterocycles. The van der Waals surface area contributed by atoms with E-state index in [2.05, 4.69) is 15.6 Å². The Kier molecular flexibility index (Phi) is 3.01. The van der Waals surface area contributed by atoms with Crippen LogP contribution in [0.25, 0.3) is 0 Å². The van der Waals surface area contributed by atoms with Crippen LogP contribution in [0.4, 0.5) is 13.2 Å². The van der Waals surface area contributed by atoms with Gasteiger partial charge in [0.1, 0.15) is 0 Å². The first-order valence-corrected chi connectivity index (χ1v) is 5.88. The number of aromatic nitrogens is 3. The Balaban J connectivity index is 1.92. The Bertz CT molecular complexity index is 681. The van der Waals surface area contributed by atoms with Gasteiger partial charge in [-0.25, -0.2) is 17.9 Å². The van der Waals surface area contributed by atoms with Crippen molar-refractivity contribution in [3.05, 3.63) is 47.0 Å². The van der Waals surface area contributed by atoms with Crippen molar-refractivity contribution in [1.82, 2.24) is 20.3 Å². The van der Waals surface area contributed by atoms with Crippen LogP contribution in [0.5, 0.6) is 0 Å². The third kappa shape index (κ3) is 1.97. The number of carbonyl (C=O) groups is 1. The topological polar surface area (TPSA) is 59.8 Å². The summed E-state index contributed by atoms with van der Waals surface area (Å²) in [6.07, 6.45) is 1.37. The molecule has 0 saturated carbocycles. The average Bonchev–Trinajstić information content (AvgIpc) is 2.83. The van der Waals surface area contributed by atoms with Crippen molar-refractivity contribution >= 4 is 5.78 Å². The molecule has 1 aromatic heterocycles. The highest BCUT2D eigenvalue weighted by molar-refractivity contribution is 6.07. The summed E-state index contributed by atoms with van der Waals surface area (Å²) in [7, 11) is 0. The Morgan fingerprint density at radius 2 is 2.00 bits per heavy atom. The first kappa shape index (κ1) is 12.8. The predicted octanol–water partition coefficient (Wildman–Crippen LogP) is 1.07. The Labute approximate surface area is 111 Å². The molecule has 1 fully saturated rings. The number of rotatable bonds is 3. The van der Waals surface area contributed by atoms with Gasteiger partial charge in [0.2, 0.25) is 5.78 Å².